The maximum atomic E-state index is 10.6. The number of hydrogen-bond donors (Lipinski definition) is 3. The summed E-state index contributed by atoms with van der Waals surface area (Å²) in [5, 5.41) is 18.4. The summed E-state index contributed by atoms with van der Waals surface area (Å²) in [6.45, 7) is 0. The summed E-state index contributed by atoms with van der Waals surface area (Å²) < 4.78 is 0.316. The van der Waals surface area contributed by atoms with Crippen molar-refractivity contribution in [3.05, 3.63) is 27.2 Å². The molecule has 0 bridgehead atoms. The number of nitrogens with two attached hydrogens (primary N) is 1. The lowest BCUT2D eigenvalue weighted by Gasteiger charge is -2.10. The molecule has 4 nitrogen and oxygen atoms in total. The first-order chi connectivity index (χ1) is 6.43. The number of halogens is 2. The third-order valence-corrected chi connectivity index (χ3v) is 2.48. The molecule has 0 aliphatic carbocycles. The summed E-state index contributed by atoms with van der Waals surface area (Å²) in [7, 11) is 0. The molecule has 1 rings (SSSR count). The Morgan fingerprint density at radius 1 is 1.57 bits per heavy atom. The summed E-state index contributed by atoms with van der Waals surface area (Å²) >= 11 is 8.71. The van der Waals surface area contributed by atoms with Gasteiger partial charge in [-0.05, 0) is 28.1 Å². The van der Waals surface area contributed by atoms with E-state index in [1.165, 1.54) is 12.1 Å². The van der Waals surface area contributed by atoms with Gasteiger partial charge in [0.1, 0.15) is 11.8 Å². The van der Waals surface area contributed by atoms with Gasteiger partial charge in [0, 0.05) is 10.6 Å². The van der Waals surface area contributed by atoms with Crippen molar-refractivity contribution in [2.45, 2.75) is 6.04 Å². The van der Waals surface area contributed by atoms with Crippen molar-refractivity contribution in [1.29, 1.82) is 0 Å². The molecular weight excluding hydrogens is 273 g/mol. The summed E-state index contributed by atoms with van der Waals surface area (Å²) in [6.07, 6.45) is 0. The largest absolute Gasteiger partial charge is 0.506 e. The number of carboxylic acid groups (broad SMARTS) is 1. The van der Waals surface area contributed by atoms with Crippen LogP contribution in [0.25, 0.3) is 0 Å². The maximum Gasteiger partial charge on any atom is 0.325 e. The van der Waals surface area contributed by atoms with Gasteiger partial charge in [-0.3, -0.25) is 4.79 Å². The molecule has 0 aliphatic rings. The lowest BCUT2D eigenvalue weighted by molar-refractivity contribution is -0.138. The molecule has 1 atom stereocenters. The first-order valence-electron chi connectivity index (χ1n) is 3.59. The van der Waals surface area contributed by atoms with Crippen molar-refractivity contribution in [3.63, 3.8) is 0 Å². The van der Waals surface area contributed by atoms with Crippen molar-refractivity contribution in [2.24, 2.45) is 5.73 Å². The first-order valence-corrected chi connectivity index (χ1v) is 4.77. The molecule has 4 N–H and O–H groups in total. The van der Waals surface area contributed by atoms with Crippen LogP contribution in [0.5, 0.6) is 5.75 Å². The zero-order chi connectivity index (χ0) is 10.9. The highest BCUT2D eigenvalue weighted by atomic mass is 79.9. The Kier molecular flexibility index (Phi) is 3.36. The number of rotatable bonds is 2. The van der Waals surface area contributed by atoms with Gasteiger partial charge in [0.25, 0.3) is 0 Å². The Hall–Kier alpha value is -0.780. The SMILES string of the molecule is NC(C(=O)O)c1cc(Cl)cc(Br)c1O. The molecule has 0 amide bonds. The van der Waals surface area contributed by atoms with E-state index < -0.39 is 12.0 Å². The van der Waals surface area contributed by atoms with Gasteiger partial charge in [0.15, 0.2) is 0 Å². The molecule has 76 valence electrons. The van der Waals surface area contributed by atoms with Crippen molar-refractivity contribution in [2.75, 3.05) is 0 Å². The third kappa shape index (κ3) is 2.17. The Labute approximate surface area is 93.4 Å². The Balaban J connectivity index is 3.26. The summed E-state index contributed by atoms with van der Waals surface area (Å²) in [6, 6.07) is 1.49. The highest BCUT2D eigenvalue weighted by Gasteiger charge is 2.20. The number of benzene rings is 1. The van der Waals surface area contributed by atoms with E-state index in [0.29, 0.717) is 9.50 Å². The van der Waals surface area contributed by atoms with Gasteiger partial charge >= 0.3 is 5.97 Å². The topological polar surface area (TPSA) is 83.6 Å². The van der Waals surface area contributed by atoms with E-state index in [2.05, 4.69) is 15.9 Å². The molecule has 0 radical (unpaired) electrons. The standard InChI is InChI=1S/C8H7BrClNO3/c9-5-2-3(10)1-4(7(5)12)6(11)8(13)14/h1-2,6,12H,11H2,(H,13,14). The van der Waals surface area contributed by atoms with E-state index in [4.69, 9.17) is 22.4 Å². The van der Waals surface area contributed by atoms with Crippen LogP contribution < -0.4 is 5.73 Å². The van der Waals surface area contributed by atoms with Crippen LogP contribution in [0.3, 0.4) is 0 Å². The van der Waals surface area contributed by atoms with Gasteiger partial charge in [-0.1, -0.05) is 11.6 Å². The Bertz CT molecular complexity index is 383. The molecule has 1 aromatic carbocycles. The second-order valence-electron chi connectivity index (χ2n) is 2.64. The number of phenolic OH excluding ortho intramolecular Hbond substituents is 1. The number of aromatic hydroxyl groups is 1. The van der Waals surface area contributed by atoms with E-state index in [1.807, 2.05) is 0 Å². The molecule has 0 saturated carbocycles. The lowest BCUT2D eigenvalue weighted by atomic mass is 10.1. The first kappa shape index (κ1) is 11.3. The number of aliphatic carboxylic acids is 1. The van der Waals surface area contributed by atoms with E-state index in [-0.39, 0.29) is 11.3 Å². The molecule has 6 heteroatoms. The monoisotopic (exact) mass is 279 g/mol. The molecular formula is C8H7BrClNO3. The van der Waals surface area contributed by atoms with Crippen LogP contribution in [-0.4, -0.2) is 16.2 Å². The highest BCUT2D eigenvalue weighted by molar-refractivity contribution is 9.10. The van der Waals surface area contributed by atoms with Crippen LogP contribution in [0.2, 0.25) is 5.02 Å². The minimum absolute atomic E-state index is 0.0804. The van der Waals surface area contributed by atoms with Gasteiger partial charge in [0.05, 0.1) is 4.47 Å². The van der Waals surface area contributed by atoms with Crippen molar-refractivity contribution >= 4 is 33.5 Å². The van der Waals surface area contributed by atoms with Crippen molar-refractivity contribution in [3.8, 4) is 5.75 Å². The number of carbonyl (C=O) groups is 1. The highest BCUT2D eigenvalue weighted by Crippen LogP contribution is 2.34. The molecule has 0 spiro atoms. The van der Waals surface area contributed by atoms with Crippen LogP contribution in [0.15, 0.2) is 16.6 Å². The lowest BCUT2D eigenvalue weighted by Crippen LogP contribution is -2.20. The van der Waals surface area contributed by atoms with Crippen LogP contribution >= 0.6 is 27.5 Å². The zero-order valence-corrected chi connectivity index (χ0v) is 9.21. The minimum atomic E-state index is -1.29. The average molecular weight is 281 g/mol. The van der Waals surface area contributed by atoms with Gasteiger partial charge in [-0.15, -0.1) is 0 Å². The van der Waals surface area contributed by atoms with Crippen LogP contribution in [0.4, 0.5) is 0 Å². The smallest absolute Gasteiger partial charge is 0.325 e. The number of phenols is 1. The normalized spacial score (nSPS) is 12.5. The molecule has 14 heavy (non-hydrogen) atoms. The van der Waals surface area contributed by atoms with E-state index in [1.54, 1.807) is 0 Å². The van der Waals surface area contributed by atoms with Crippen molar-refractivity contribution in [1.82, 2.24) is 0 Å². The summed E-state index contributed by atoms with van der Waals surface area (Å²) in [5.41, 5.74) is 5.42. The predicted molar refractivity (Wildman–Crippen MR) is 55.4 cm³/mol. The second kappa shape index (κ2) is 4.16. The van der Waals surface area contributed by atoms with Gasteiger partial charge in [-0.2, -0.15) is 0 Å². The molecule has 0 fully saturated rings. The Morgan fingerprint density at radius 2 is 2.14 bits per heavy atom. The number of carboxylic acids is 1. The maximum absolute atomic E-state index is 10.6. The van der Waals surface area contributed by atoms with Gasteiger partial charge in [0.2, 0.25) is 0 Å². The van der Waals surface area contributed by atoms with Crippen LogP contribution in [0, 0.1) is 0 Å². The van der Waals surface area contributed by atoms with Gasteiger partial charge in [-0.25, -0.2) is 0 Å². The second-order valence-corrected chi connectivity index (χ2v) is 3.93. The minimum Gasteiger partial charge on any atom is -0.506 e. The summed E-state index contributed by atoms with van der Waals surface area (Å²) in [5.74, 6) is -1.43. The third-order valence-electron chi connectivity index (χ3n) is 1.66. The summed E-state index contributed by atoms with van der Waals surface area (Å²) in [4.78, 5) is 10.6. The van der Waals surface area contributed by atoms with Crippen LogP contribution in [0.1, 0.15) is 11.6 Å². The molecule has 1 unspecified atom stereocenters. The van der Waals surface area contributed by atoms with E-state index in [9.17, 15) is 9.90 Å². The van der Waals surface area contributed by atoms with E-state index in [0.717, 1.165) is 0 Å². The number of hydrogen-bond acceptors (Lipinski definition) is 3. The molecule has 0 saturated heterocycles. The fourth-order valence-corrected chi connectivity index (χ4v) is 1.79. The molecule has 0 aliphatic heterocycles. The zero-order valence-electron chi connectivity index (χ0n) is 6.87. The quantitative estimate of drug-likeness (QED) is 0.772. The molecule has 0 aromatic heterocycles. The molecule has 1 aromatic rings. The Morgan fingerprint density at radius 3 is 2.64 bits per heavy atom. The predicted octanol–water partition coefficient (Wildman–Crippen LogP) is 1.89. The van der Waals surface area contributed by atoms with E-state index >= 15 is 0 Å². The van der Waals surface area contributed by atoms with Crippen molar-refractivity contribution < 1.29 is 15.0 Å². The molecule has 0 heterocycles. The fourth-order valence-electron chi connectivity index (χ4n) is 0.956. The average Bonchev–Trinajstić information content (AvgIpc) is 2.09. The fraction of sp³-hybridized carbons (Fsp3) is 0.125. The van der Waals surface area contributed by atoms with Crippen LogP contribution in [-0.2, 0) is 4.79 Å². The van der Waals surface area contributed by atoms with Gasteiger partial charge < -0.3 is 15.9 Å².